The van der Waals surface area contributed by atoms with Crippen molar-refractivity contribution < 1.29 is 13.2 Å². The SMILES string of the molecule is CCCS(=O)(=O)N1CCCc2cc(NC(=O)C(c3ccccc3)c3ccccc3)ccc21. The summed E-state index contributed by atoms with van der Waals surface area (Å²) in [6, 6.07) is 25.0. The molecule has 1 heterocycles. The molecule has 0 aliphatic carbocycles. The lowest BCUT2D eigenvalue weighted by Gasteiger charge is -2.31. The summed E-state index contributed by atoms with van der Waals surface area (Å²) in [6.07, 6.45) is 2.14. The van der Waals surface area contributed by atoms with Crippen LogP contribution in [0.1, 0.15) is 42.4 Å². The zero-order valence-corrected chi connectivity index (χ0v) is 19.0. The maximum Gasteiger partial charge on any atom is 0.236 e. The molecule has 4 rings (SSSR count). The number of amides is 1. The van der Waals surface area contributed by atoms with Crippen LogP contribution in [0.15, 0.2) is 78.9 Å². The standard InChI is InChI=1S/C26H28N2O3S/c1-2-18-32(30,31)28-17-9-14-22-19-23(15-16-24(22)28)27-26(29)25(20-10-5-3-6-11-20)21-12-7-4-8-13-21/h3-8,10-13,15-16,19,25H,2,9,14,17-18H2,1H3,(H,27,29). The predicted octanol–water partition coefficient (Wildman–Crippen LogP) is 4.95. The lowest BCUT2D eigenvalue weighted by atomic mass is 9.90. The van der Waals surface area contributed by atoms with Crippen molar-refractivity contribution in [2.24, 2.45) is 0 Å². The highest BCUT2D eigenvalue weighted by Crippen LogP contribution is 2.33. The van der Waals surface area contributed by atoms with Gasteiger partial charge in [-0.15, -0.1) is 0 Å². The smallest absolute Gasteiger partial charge is 0.236 e. The monoisotopic (exact) mass is 448 g/mol. The number of fused-ring (bicyclic) bond motifs is 1. The first-order valence-electron chi connectivity index (χ1n) is 11.0. The lowest BCUT2D eigenvalue weighted by Crippen LogP contribution is -2.37. The largest absolute Gasteiger partial charge is 0.325 e. The van der Waals surface area contributed by atoms with Crippen LogP contribution in [0.4, 0.5) is 11.4 Å². The van der Waals surface area contributed by atoms with Crippen LogP contribution < -0.4 is 9.62 Å². The van der Waals surface area contributed by atoms with Gasteiger partial charge in [0.1, 0.15) is 0 Å². The quantitative estimate of drug-likeness (QED) is 0.556. The summed E-state index contributed by atoms with van der Waals surface area (Å²) < 4.78 is 26.9. The molecule has 1 N–H and O–H groups in total. The summed E-state index contributed by atoms with van der Waals surface area (Å²) in [5.41, 5.74) is 4.20. The molecule has 166 valence electrons. The highest BCUT2D eigenvalue weighted by molar-refractivity contribution is 7.92. The third kappa shape index (κ3) is 4.70. The van der Waals surface area contributed by atoms with Gasteiger partial charge in [0.05, 0.1) is 17.4 Å². The molecule has 0 spiro atoms. The van der Waals surface area contributed by atoms with E-state index in [1.165, 1.54) is 4.31 Å². The highest BCUT2D eigenvalue weighted by atomic mass is 32.2. The van der Waals surface area contributed by atoms with Gasteiger partial charge in [-0.3, -0.25) is 9.10 Å². The molecule has 32 heavy (non-hydrogen) atoms. The van der Waals surface area contributed by atoms with Gasteiger partial charge in [-0.05, 0) is 54.2 Å². The molecular formula is C26H28N2O3S. The Bertz CT molecular complexity index is 1140. The van der Waals surface area contributed by atoms with Crippen LogP contribution in [0.3, 0.4) is 0 Å². The first-order chi connectivity index (χ1) is 15.5. The number of rotatable bonds is 7. The van der Waals surface area contributed by atoms with Crippen LogP contribution in [0.2, 0.25) is 0 Å². The minimum atomic E-state index is -3.32. The maximum absolute atomic E-state index is 13.4. The molecule has 0 unspecified atom stereocenters. The van der Waals surface area contributed by atoms with Crippen LogP contribution in [-0.4, -0.2) is 26.6 Å². The van der Waals surface area contributed by atoms with Crippen LogP contribution in [0, 0.1) is 0 Å². The van der Waals surface area contributed by atoms with Gasteiger partial charge in [0.25, 0.3) is 0 Å². The Hall–Kier alpha value is -3.12. The second-order valence-corrected chi connectivity index (χ2v) is 10.1. The molecule has 0 saturated heterocycles. The van der Waals surface area contributed by atoms with E-state index in [0.29, 0.717) is 18.7 Å². The first kappa shape index (κ1) is 22.1. The summed E-state index contributed by atoms with van der Waals surface area (Å²) in [4.78, 5) is 13.4. The fraction of sp³-hybridized carbons (Fsp3) is 0.269. The third-order valence-electron chi connectivity index (χ3n) is 5.75. The Morgan fingerprint density at radius 3 is 2.19 bits per heavy atom. The molecule has 3 aromatic rings. The van der Waals surface area contributed by atoms with Gasteiger partial charge in [-0.25, -0.2) is 8.42 Å². The van der Waals surface area contributed by atoms with E-state index in [0.717, 1.165) is 35.2 Å². The number of carbonyl (C=O) groups is 1. The van der Waals surface area contributed by atoms with Crippen molar-refractivity contribution in [2.75, 3.05) is 21.9 Å². The number of carbonyl (C=O) groups excluding carboxylic acids is 1. The van der Waals surface area contributed by atoms with Crippen molar-refractivity contribution in [1.82, 2.24) is 0 Å². The molecule has 0 saturated carbocycles. The van der Waals surface area contributed by atoms with Gasteiger partial charge in [-0.1, -0.05) is 67.6 Å². The minimum Gasteiger partial charge on any atom is -0.325 e. The maximum atomic E-state index is 13.4. The van der Waals surface area contributed by atoms with Crippen molar-refractivity contribution in [3.8, 4) is 0 Å². The zero-order valence-electron chi connectivity index (χ0n) is 18.2. The average Bonchev–Trinajstić information content (AvgIpc) is 2.80. The Balaban J connectivity index is 1.62. The first-order valence-corrected chi connectivity index (χ1v) is 12.6. The van der Waals surface area contributed by atoms with E-state index in [1.54, 1.807) is 6.07 Å². The third-order valence-corrected chi connectivity index (χ3v) is 7.72. The normalized spacial score (nSPS) is 13.6. The van der Waals surface area contributed by atoms with Crippen LogP contribution in [-0.2, 0) is 21.2 Å². The molecule has 1 aliphatic rings. The topological polar surface area (TPSA) is 66.5 Å². The van der Waals surface area contributed by atoms with Gasteiger partial charge >= 0.3 is 0 Å². The molecule has 1 aliphatic heterocycles. The number of aryl methyl sites for hydroxylation is 1. The number of nitrogens with one attached hydrogen (secondary N) is 1. The Kier molecular flexibility index (Phi) is 6.61. The molecule has 0 atom stereocenters. The summed E-state index contributed by atoms with van der Waals surface area (Å²) >= 11 is 0. The van der Waals surface area contributed by atoms with E-state index in [2.05, 4.69) is 5.32 Å². The Morgan fingerprint density at radius 2 is 1.59 bits per heavy atom. The molecule has 0 radical (unpaired) electrons. The van der Waals surface area contributed by atoms with Crippen LogP contribution >= 0.6 is 0 Å². The van der Waals surface area contributed by atoms with Gasteiger partial charge in [-0.2, -0.15) is 0 Å². The molecule has 0 bridgehead atoms. The van der Waals surface area contributed by atoms with E-state index >= 15 is 0 Å². The van der Waals surface area contributed by atoms with Gasteiger partial charge in [0, 0.05) is 12.2 Å². The van der Waals surface area contributed by atoms with E-state index in [9.17, 15) is 13.2 Å². The fourth-order valence-electron chi connectivity index (χ4n) is 4.30. The number of nitrogens with zero attached hydrogens (tertiary/aromatic N) is 1. The molecule has 5 nitrogen and oxygen atoms in total. The van der Waals surface area contributed by atoms with Crippen LogP contribution in [0.5, 0.6) is 0 Å². The van der Waals surface area contributed by atoms with Gasteiger partial charge in [0.15, 0.2) is 0 Å². The zero-order chi connectivity index (χ0) is 22.6. The predicted molar refractivity (Wildman–Crippen MR) is 130 cm³/mol. The van der Waals surface area contributed by atoms with Crippen molar-refractivity contribution in [1.29, 1.82) is 0 Å². The molecule has 0 fully saturated rings. The van der Waals surface area contributed by atoms with E-state index in [4.69, 9.17) is 0 Å². The lowest BCUT2D eigenvalue weighted by molar-refractivity contribution is -0.116. The van der Waals surface area contributed by atoms with Gasteiger partial charge in [0.2, 0.25) is 15.9 Å². The average molecular weight is 449 g/mol. The number of hydrogen-bond donors (Lipinski definition) is 1. The number of sulfonamides is 1. The molecule has 3 aromatic carbocycles. The number of hydrogen-bond acceptors (Lipinski definition) is 3. The summed E-state index contributed by atoms with van der Waals surface area (Å²) in [5, 5.41) is 3.06. The Morgan fingerprint density at radius 1 is 0.969 bits per heavy atom. The molecule has 6 heteroatoms. The van der Waals surface area contributed by atoms with E-state index in [1.807, 2.05) is 79.7 Å². The highest BCUT2D eigenvalue weighted by Gasteiger charge is 2.28. The summed E-state index contributed by atoms with van der Waals surface area (Å²) in [6.45, 7) is 2.38. The number of benzene rings is 3. The number of anilines is 2. The van der Waals surface area contributed by atoms with Crippen molar-refractivity contribution in [3.63, 3.8) is 0 Å². The summed E-state index contributed by atoms with van der Waals surface area (Å²) in [7, 11) is -3.32. The van der Waals surface area contributed by atoms with Crippen molar-refractivity contribution in [3.05, 3.63) is 95.6 Å². The summed E-state index contributed by atoms with van der Waals surface area (Å²) in [5.74, 6) is -0.413. The van der Waals surface area contributed by atoms with Crippen molar-refractivity contribution >= 4 is 27.3 Å². The minimum absolute atomic E-state index is 0.117. The van der Waals surface area contributed by atoms with Crippen LogP contribution in [0.25, 0.3) is 0 Å². The fourth-order valence-corrected chi connectivity index (χ4v) is 5.92. The van der Waals surface area contributed by atoms with E-state index < -0.39 is 15.9 Å². The van der Waals surface area contributed by atoms with Gasteiger partial charge < -0.3 is 5.32 Å². The molecule has 1 amide bonds. The molecular weight excluding hydrogens is 420 g/mol. The Labute approximate surface area is 190 Å². The molecule has 0 aromatic heterocycles. The van der Waals surface area contributed by atoms with E-state index in [-0.39, 0.29) is 11.7 Å². The second-order valence-electron chi connectivity index (χ2n) is 8.08. The second kappa shape index (κ2) is 9.57. The van der Waals surface area contributed by atoms with Crippen molar-refractivity contribution in [2.45, 2.75) is 32.1 Å².